The number of halogens is 2. The molecule has 1 aliphatic heterocycles. The van der Waals surface area contributed by atoms with Crippen molar-refractivity contribution in [3.05, 3.63) is 62.5 Å². The van der Waals surface area contributed by atoms with Gasteiger partial charge in [0, 0.05) is 34.6 Å². The van der Waals surface area contributed by atoms with Gasteiger partial charge >= 0.3 is 0 Å². The average molecular weight is 555 g/mol. The van der Waals surface area contributed by atoms with Gasteiger partial charge in [0.25, 0.3) is 0 Å². The van der Waals surface area contributed by atoms with Gasteiger partial charge in [-0.05, 0) is 57.1 Å². The lowest BCUT2D eigenvalue weighted by molar-refractivity contribution is 0.314. The molecule has 0 aromatic heterocycles. The number of hydrogen-bond donors (Lipinski definition) is 0. The van der Waals surface area contributed by atoms with Crippen LogP contribution in [0.4, 0.5) is 0 Å². The smallest absolute Gasteiger partial charge is 0.244 e. The van der Waals surface area contributed by atoms with Gasteiger partial charge in [-0.1, -0.05) is 61.0 Å². The summed E-state index contributed by atoms with van der Waals surface area (Å²) in [5.41, 5.74) is 2.16. The molecule has 1 saturated heterocycles. The summed E-state index contributed by atoms with van der Waals surface area (Å²) in [4.78, 5) is 1.84. The Kier molecular flexibility index (Phi) is 6.97. The first-order valence-corrected chi connectivity index (χ1v) is 12.8. The standard InChI is InChI=1S/C22H25Br2N3O2S/c1-22(2,3)17-6-4-16(5-7-17)13-27(19-10-11-26(14-19)15-25)30(28,29)21-12-18(23)8-9-20(21)24/h4-9,12,19H,10-11,13-14H2,1-3H3. The van der Waals surface area contributed by atoms with Crippen molar-refractivity contribution in [2.75, 3.05) is 13.1 Å². The molecule has 0 saturated carbocycles. The lowest BCUT2D eigenvalue weighted by Crippen LogP contribution is -2.41. The lowest BCUT2D eigenvalue weighted by Gasteiger charge is -2.29. The molecule has 0 spiro atoms. The minimum absolute atomic E-state index is 0.0320. The molecule has 5 nitrogen and oxygen atoms in total. The Labute approximate surface area is 196 Å². The maximum Gasteiger partial charge on any atom is 0.244 e. The first kappa shape index (κ1) is 23.3. The van der Waals surface area contributed by atoms with E-state index in [9.17, 15) is 13.7 Å². The zero-order chi connectivity index (χ0) is 22.1. The molecule has 0 amide bonds. The van der Waals surface area contributed by atoms with Crippen LogP contribution in [-0.4, -0.2) is 36.8 Å². The van der Waals surface area contributed by atoms with E-state index in [-0.39, 0.29) is 22.9 Å². The van der Waals surface area contributed by atoms with Crippen LogP contribution in [0, 0.1) is 11.5 Å². The van der Waals surface area contributed by atoms with Crippen LogP contribution in [0.1, 0.15) is 38.3 Å². The number of hydrogen-bond acceptors (Lipinski definition) is 4. The molecule has 160 valence electrons. The van der Waals surface area contributed by atoms with Gasteiger partial charge in [0.05, 0.1) is 4.90 Å². The molecular weight excluding hydrogens is 530 g/mol. The zero-order valence-electron chi connectivity index (χ0n) is 17.3. The highest BCUT2D eigenvalue weighted by Crippen LogP contribution is 2.32. The highest BCUT2D eigenvalue weighted by Gasteiger charge is 2.37. The van der Waals surface area contributed by atoms with Crippen molar-refractivity contribution in [1.29, 1.82) is 5.26 Å². The number of nitriles is 1. The molecule has 1 unspecified atom stereocenters. The molecule has 2 aromatic carbocycles. The first-order valence-electron chi connectivity index (χ1n) is 9.73. The monoisotopic (exact) mass is 553 g/mol. The Morgan fingerprint density at radius 3 is 2.40 bits per heavy atom. The van der Waals surface area contributed by atoms with Crippen molar-refractivity contribution in [3.63, 3.8) is 0 Å². The molecule has 30 heavy (non-hydrogen) atoms. The van der Waals surface area contributed by atoms with Crippen LogP contribution in [0.25, 0.3) is 0 Å². The van der Waals surface area contributed by atoms with E-state index in [0.717, 1.165) is 5.56 Å². The van der Waals surface area contributed by atoms with Gasteiger partial charge in [-0.15, -0.1) is 0 Å². The molecular formula is C22H25Br2N3O2S. The molecule has 0 N–H and O–H groups in total. The van der Waals surface area contributed by atoms with E-state index in [1.807, 2.05) is 12.1 Å². The summed E-state index contributed by atoms with van der Waals surface area (Å²) >= 11 is 6.78. The molecule has 1 heterocycles. The normalized spacial score (nSPS) is 17.4. The lowest BCUT2D eigenvalue weighted by atomic mass is 9.87. The van der Waals surface area contributed by atoms with Crippen LogP contribution in [-0.2, 0) is 22.0 Å². The van der Waals surface area contributed by atoms with Crippen molar-refractivity contribution in [3.8, 4) is 6.19 Å². The van der Waals surface area contributed by atoms with E-state index in [1.165, 1.54) is 5.56 Å². The first-order chi connectivity index (χ1) is 14.0. The van der Waals surface area contributed by atoms with Crippen LogP contribution in [0.3, 0.4) is 0 Å². The fraction of sp³-hybridized carbons (Fsp3) is 0.409. The summed E-state index contributed by atoms with van der Waals surface area (Å²) in [7, 11) is -3.79. The maximum absolute atomic E-state index is 13.7. The van der Waals surface area contributed by atoms with E-state index < -0.39 is 10.0 Å². The van der Waals surface area contributed by atoms with Crippen molar-refractivity contribution in [2.24, 2.45) is 0 Å². The predicted molar refractivity (Wildman–Crippen MR) is 125 cm³/mol. The van der Waals surface area contributed by atoms with E-state index in [1.54, 1.807) is 27.4 Å². The van der Waals surface area contributed by atoms with Gasteiger partial charge in [0.1, 0.15) is 0 Å². The van der Waals surface area contributed by atoms with Crippen molar-refractivity contribution < 1.29 is 8.42 Å². The molecule has 0 bridgehead atoms. The summed E-state index contributed by atoms with van der Waals surface area (Å²) in [5, 5.41) is 9.26. The summed E-state index contributed by atoms with van der Waals surface area (Å²) in [6.07, 6.45) is 2.77. The molecule has 8 heteroatoms. The quantitative estimate of drug-likeness (QED) is 0.473. The molecule has 0 aliphatic carbocycles. The van der Waals surface area contributed by atoms with Crippen LogP contribution in [0.5, 0.6) is 0 Å². The Hall–Kier alpha value is -1.40. The van der Waals surface area contributed by atoms with Crippen LogP contribution >= 0.6 is 31.9 Å². The molecule has 1 aliphatic rings. The number of sulfonamides is 1. The van der Waals surface area contributed by atoms with E-state index in [4.69, 9.17) is 0 Å². The molecule has 1 atom stereocenters. The van der Waals surface area contributed by atoms with Gasteiger partial charge in [0.15, 0.2) is 6.19 Å². The topological polar surface area (TPSA) is 64.4 Å². The van der Waals surface area contributed by atoms with Crippen molar-refractivity contribution in [2.45, 2.75) is 50.1 Å². The fourth-order valence-corrected chi connectivity index (χ4v) is 6.67. The van der Waals surface area contributed by atoms with Gasteiger partial charge in [-0.25, -0.2) is 8.42 Å². The number of nitrogens with zero attached hydrogens (tertiary/aromatic N) is 3. The number of likely N-dealkylation sites (tertiary alicyclic amines) is 1. The van der Waals surface area contributed by atoms with Crippen LogP contribution < -0.4 is 0 Å². The Morgan fingerprint density at radius 1 is 1.17 bits per heavy atom. The Morgan fingerprint density at radius 2 is 1.83 bits per heavy atom. The fourth-order valence-electron chi connectivity index (χ4n) is 3.57. The summed E-state index contributed by atoms with van der Waals surface area (Å²) in [6, 6.07) is 13.0. The third-order valence-electron chi connectivity index (χ3n) is 5.35. The predicted octanol–water partition coefficient (Wildman–Crippen LogP) is 5.26. The van der Waals surface area contributed by atoms with Gasteiger partial charge < -0.3 is 4.90 Å². The largest absolute Gasteiger partial charge is 0.309 e. The summed E-state index contributed by atoms with van der Waals surface area (Å²) in [6.45, 7) is 7.68. The molecule has 2 aromatic rings. The molecule has 3 rings (SSSR count). The van der Waals surface area contributed by atoms with Crippen LogP contribution in [0.2, 0.25) is 0 Å². The maximum atomic E-state index is 13.7. The number of rotatable bonds is 5. The number of benzene rings is 2. The van der Waals surface area contributed by atoms with Gasteiger partial charge in [-0.2, -0.15) is 9.57 Å². The second-order valence-corrected chi connectivity index (χ2v) is 12.2. The van der Waals surface area contributed by atoms with E-state index in [2.05, 4.69) is 71.0 Å². The minimum Gasteiger partial charge on any atom is -0.309 e. The van der Waals surface area contributed by atoms with Gasteiger partial charge in [0.2, 0.25) is 10.0 Å². The van der Waals surface area contributed by atoms with Crippen molar-refractivity contribution in [1.82, 2.24) is 9.21 Å². The third-order valence-corrected chi connectivity index (χ3v) is 8.74. The van der Waals surface area contributed by atoms with Crippen molar-refractivity contribution >= 4 is 41.9 Å². The molecule has 0 radical (unpaired) electrons. The summed E-state index contributed by atoms with van der Waals surface area (Å²) < 4.78 is 30.1. The highest BCUT2D eigenvalue weighted by molar-refractivity contribution is 9.11. The Balaban J connectivity index is 1.99. The second-order valence-electron chi connectivity index (χ2n) is 8.56. The van der Waals surface area contributed by atoms with E-state index in [0.29, 0.717) is 28.5 Å². The average Bonchev–Trinajstić information content (AvgIpc) is 3.16. The zero-order valence-corrected chi connectivity index (χ0v) is 21.3. The molecule has 1 fully saturated rings. The highest BCUT2D eigenvalue weighted by atomic mass is 79.9. The van der Waals surface area contributed by atoms with Gasteiger partial charge in [-0.3, -0.25) is 0 Å². The SMILES string of the molecule is CC(C)(C)c1ccc(CN(C2CCN(C#N)C2)S(=O)(=O)c2cc(Br)ccc2Br)cc1. The minimum atomic E-state index is -3.79. The summed E-state index contributed by atoms with van der Waals surface area (Å²) in [5.74, 6) is 0. The third kappa shape index (κ3) is 5.08. The second kappa shape index (κ2) is 8.99. The van der Waals surface area contributed by atoms with E-state index >= 15 is 0 Å². The Bertz CT molecular complexity index is 1060. The van der Waals surface area contributed by atoms with Crippen LogP contribution in [0.15, 0.2) is 56.3 Å².